The first-order valence-corrected chi connectivity index (χ1v) is 13.0. The van der Waals surface area contributed by atoms with Gasteiger partial charge in [-0.05, 0) is 63.6 Å². The van der Waals surface area contributed by atoms with E-state index in [9.17, 15) is 34.8 Å². The molecule has 1 fully saturated rings. The van der Waals surface area contributed by atoms with E-state index in [-0.39, 0.29) is 29.7 Å². The average Bonchev–Trinajstić information content (AvgIpc) is 2.76. The van der Waals surface area contributed by atoms with E-state index in [4.69, 9.17) is 5.73 Å². The third kappa shape index (κ3) is 3.99. The summed E-state index contributed by atoms with van der Waals surface area (Å²) in [6.07, 6.45) is 0.268. The molecule has 0 aromatic heterocycles. The second-order valence-corrected chi connectivity index (χ2v) is 13.0. The molecule has 0 saturated heterocycles. The number of aliphatic hydroxyl groups excluding tert-OH is 2. The van der Waals surface area contributed by atoms with Crippen LogP contribution in [0.25, 0.3) is 5.76 Å². The van der Waals surface area contributed by atoms with Crippen molar-refractivity contribution in [2.24, 2.45) is 17.1 Å². The Kier molecular flexibility index (Phi) is 6.57. The molecule has 10 nitrogen and oxygen atoms in total. The number of ketones is 2. The molecular formula is C29H39N3O7. The zero-order valence-corrected chi connectivity index (χ0v) is 23.8. The standard InChI is InChI=1S/C29H39N3O7/c1-27(2,3)15-9-13(12-31(5)6)14-10-28(4)11-16-20(32(7)8)23(35)18(26(30)38)24(36)29(16,39)25(37)19(28)22(34)17(14)21(15)33/h9,16,20,33-34,36,39H,10-12H2,1-8H3,(H2,30,38)/t16-,20-,28-,29+/m0/s1. The van der Waals surface area contributed by atoms with Gasteiger partial charge in [0.25, 0.3) is 5.91 Å². The lowest BCUT2D eigenvalue weighted by Gasteiger charge is -2.54. The number of aliphatic hydroxyl groups is 3. The molecule has 3 aliphatic carbocycles. The predicted octanol–water partition coefficient (Wildman–Crippen LogP) is 1.71. The minimum atomic E-state index is -2.67. The van der Waals surface area contributed by atoms with Crippen molar-refractivity contribution in [2.75, 3.05) is 28.2 Å². The summed E-state index contributed by atoms with van der Waals surface area (Å²) in [5, 5.41) is 46.1. The fourth-order valence-electron chi connectivity index (χ4n) is 6.81. The van der Waals surface area contributed by atoms with Gasteiger partial charge in [0.1, 0.15) is 22.8 Å². The van der Waals surface area contributed by atoms with Gasteiger partial charge in [0, 0.05) is 29.0 Å². The predicted molar refractivity (Wildman–Crippen MR) is 145 cm³/mol. The van der Waals surface area contributed by atoms with Crippen LogP contribution < -0.4 is 5.73 Å². The Morgan fingerprint density at radius 1 is 1.13 bits per heavy atom. The van der Waals surface area contributed by atoms with Crippen molar-refractivity contribution < 1.29 is 34.8 Å². The number of Topliss-reactive ketones (excluding diaryl/α,β-unsaturated/α-hetero) is 2. The molecule has 6 N–H and O–H groups in total. The van der Waals surface area contributed by atoms with Crippen molar-refractivity contribution in [1.82, 2.24) is 9.80 Å². The van der Waals surface area contributed by atoms with E-state index in [2.05, 4.69) is 0 Å². The van der Waals surface area contributed by atoms with E-state index in [1.165, 1.54) is 4.90 Å². The number of aromatic hydroxyl groups is 1. The number of nitrogens with zero attached hydrogens (tertiary/aromatic N) is 2. The number of hydrogen-bond acceptors (Lipinski definition) is 9. The maximum Gasteiger partial charge on any atom is 0.255 e. The first-order valence-electron chi connectivity index (χ1n) is 13.0. The van der Waals surface area contributed by atoms with E-state index in [0.29, 0.717) is 17.7 Å². The second-order valence-electron chi connectivity index (χ2n) is 13.0. The van der Waals surface area contributed by atoms with Crippen molar-refractivity contribution in [3.63, 3.8) is 0 Å². The summed E-state index contributed by atoms with van der Waals surface area (Å²) in [5.74, 6) is -5.91. The maximum atomic E-state index is 14.2. The van der Waals surface area contributed by atoms with Crippen LogP contribution in [0.1, 0.15) is 56.4 Å². The number of carbonyl (C=O) groups excluding carboxylic acids is 3. The minimum Gasteiger partial charge on any atom is -0.508 e. The summed E-state index contributed by atoms with van der Waals surface area (Å²) >= 11 is 0. The van der Waals surface area contributed by atoms with E-state index in [0.717, 1.165) is 5.56 Å². The Labute approximate surface area is 228 Å². The zero-order valence-electron chi connectivity index (χ0n) is 23.8. The first kappa shape index (κ1) is 28.8. The lowest BCUT2D eigenvalue weighted by Crippen LogP contribution is -2.67. The third-order valence-electron chi connectivity index (χ3n) is 8.52. The summed E-state index contributed by atoms with van der Waals surface area (Å²) in [4.78, 5) is 43.2. The molecule has 0 bridgehead atoms. The van der Waals surface area contributed by atoms with Crippen LogP contribution in [0, 0.1) is 11.3 Å². The molecule has 4 rings (SSSR count). The van der Waals surface area contributed by atoms with Crippen LogP contribution in [0.15, 0.2) is 23.0 Å². The highest BCUT2D eigenvalue weighted by Gasteiger charge is 2.66. The van der Waals surface area contributed by atoms with Gasteiger partial charge in [-0.15, -0.1) is 0 Å². The van der Waals surface area contributed by atoms with Crippen LogP contribution in [0.2, 0.25) is 0 Å². The molecule has 4 atom stereocenters. The van der Waals surface area contributed by atoms with Crippen molar-refractivity contribution in [3.8, 4) is 5.75 Å². The van der Waals surface area contributed by atoms with Gasteiger partial charge in [0.2, 0.25) is 5.78 Å². The van der Waals surface area contributed by atoms with Crippen LogP contribution in [-0.2, 0) is 32.8 Å². The van der Waals surface area contributed by atoms with E-state index in [1.807, 2.05) is 45.8 Å². The zero-order chi connectivity index (χ0) is 29.6. The summed E-state index contributed by atoms with van der Waals surface area (Å²) in [6.45, 7) is 8.07. The number of primary amides is 1. The van der Waals surface area contributed by atoms with Crippen molar-refractivity contribution in [3.05, 3.63) is 45.2 Å². The Balaban J connectivity index is 2.07. The third-order valence-corrected chi connectivity index (χ3v) is 8.52. The second kappa shape index (κ2) is 8.90. The lowest BCUT2D eigenvalue weighted by atomic mass is 9.52. The van der Waals surface area contributed by atoms with E-state index >= 15 is 0 Å². The minimum absolute atomic E-state index is 0.0297. The average molecular weight is 542 g/mol. The van der Waals surface area contributed by atoms with Gasteiger partial charge >= 0.3 is 0 Å². The highest BCUT2D eigenvalue weighted by Crippen LogP contribution is 2.58. The fourth-order valence-corrected chi connectivity index (χ4v) is 6.81. The molecule has 0 aliphatic heterocycles. The highest BCUT2D eigenvalue weighted by atomic mass is 16.3. The van der Waals surface area contributed by atoms with Crippen LogP contribution in [0.4, 0.5) is 0 Å². The van der Waals surface area contributed by atoms with Crippen LogP contribution in [-0.4, -0.2) is 87.5 Å². The molecule has 212 valence electrons. The van der Waals surface area contributed by atoms with Crippen molar-refractivity contribution >= 4 is 23.2 Å². The number of carbonyl (C=O) groups is 3. The topological polar surface area (TPSA) is 165 Å². The molecule has 0 spiro atoms. The van der Waals surface area contributed by atoms with Crippen LogP contribution in [0.5, 0.6) is 5.75 Å². The SMILES string of the molecule is CN(C)Cc1cc(C(C)(C)C)c(O)c2c1C[C@@]1(C)C[C@H]3[C@H](N(C)C)C(=O)C(C(N)=O)=C(O)[C@@]3(O)C(=O)C1=C2O. The van der Waals surface area contributed by atoms with Gasteiger partial charge in [-0.3, -0.25) is 19.3 Å². The smallest absolute Gasteiger partial charge is 0.255 e. The Morgan fingerprint density at radius 3 is 2.21 bits per heavy atom. The lowest BCUT2D eigenvalue weighted by molar-refractivity contribution is -0.156. The molecule has 39 heavy (non-hydrogen) atoms. The largest absolute Gasteiger partial charge is 0.508 e. The molecule has 10 heteroatoms. The molecule has 1 saturated carbocycles. The van der Waals surface area contributed by atoms with Gasteiger partial charge in [0.15, 0.2) is 11.4 Å². The maximum absolute atomic E-state index is 14.2. The molecule has 0 radical (unpaired) electrons. The normalized spacial score (nSPS) is 29.1. The molecule has 1 amide bonds. The van der Waals surface area contributed by atoms with Gasteiger partial charge < -0.3 is 31.1 Å². The van der Waals surface area contributed by atoms with Gasteiger partial charge in [-0.2, -0.15) is 0 Å². The molecule has 0 heterocycles. The van der Waals surface area contributed by atoms with Gasteiger partial charge in [-0.25, -0.2) is 0 Å². The van der Waals surface area contributed by atoms with E-state index in [1.54, 1.807) is 21.0 Å². The molecule has 1 aromatic rings. The molecule has 3 aliphatic rings. The van der Waals surface area contributed by atoms with E-state index < -0.39 is 63.0 Å². The quantitative estimate of drug-likeness (QED) is 0.357. The number of rotatable bonds is 4. The number of hydrogen-bond donors (Lipinski definition) is 5. The fraction of sp³-hybridized carbons (Fsp3) is 0.552. The number of phenolic OH excluding ortho intramolecular Hbond substituents is 1. The Bertz CT molecular complexity index is 1370. The number of benzene rings is 1. The first-order chi connectivity index (χ1) is 17.8. The van der Waals surface area contributed by atoms with Crippen molar-refractivity contribution in [2.45, 2.75) is 64.1 Å². The number of nitrogens with two attached hydrogens (primary N) is 1. The van der Waals surface area contributed by atoms with Crippen molar-refractivity contribution in [1.29, 1.82) is 0 Å². The summed E-state index contributed by atoms with van der Waals surface area (Å²) in [6, 6.07) is 0.800. The summed E-state index contributed by atoms with van der Waals surface area (Å²) in [7, 11) is 6.98. The number of likely N-dealkylation sites (N-methyl/N-ethyl adjacent to an activating group) is 1. The monoisotopic (exact) mass is 541 g/mol. The molecule has 1 aromatic carbocycles. The number of fused-ring (bicyclic) bond motifs is 3. The van der Waals surface area contributed by atoms with Gasteiger partial charge in [0.05, 0.1) is 11.6 Å². The van der Waals surface area contributed by atoms with Crippen LogP contribution in [0.3, 0.4) is 0 Å². The Morgan fingerprint density at radius 2 is 1.72 bits per heavy atom. The molecular weight excluding hydrogens is 502 g/mol. The number of amides is 1. The highest BCUT2D eigenvalue weighted by molar-refractivity contribution is 6.24. The van der Waals surface area contributed by atoms with Crippen LogP contribution >= 0.6 is 0 Å². The Hall–Kier alpha value is -3.21. The summed E-state index contributed by atoms with van der Waals surface area (Å²) < 4.78 is 0. The summed E-state index contributed by atoms with van der Waals surface area (Å²) in [5.41, 5.74) is 2.46. The van der Waals surface area contributed by atoms with Gasteiger partial charge in [-0.1, -0.05) is 27.7 Å². The number of phenols is 1. The molecule has 0 unspecified atom stereocenters.